The van der Waals surface area contributed by atoms with Crippen molar-refractivity contribution >= 4 is 5.97 Å². The third-order valence-corrected chi connectivity index (χ3v) is 4.85. The van der Waals surface area contributed by atoms with Gasteiger partial charge in [0.2, 0.25) is 0 Å². The monoisotopic (exact) mass is 341 g/mol. The van der Waals surface area contributed by atoms with Gasteiger partial charge in [0.05, 0.1) is 12.0 Å². The number of hydrogen-bond acceptors (Lipinski definition) is 4. The van der Waals surface area contributed by atoms with Crippen LogP contribution in [0.15, 0.2) is 35.1 Å². The molecule has 0 saturated carbocycles. The quantitative estimate of drug-likeness (QED) is 0.868. The Balaban J connectivity index is 1.95. The van der Waals surface area contributed by atoms with Crippen LogP contribution in [0.5, 0.6) is 11.5 Å². The second-order valence-electron chi connectivity index (χ2n) is 6.97. The summed E-state index contributed by atoms with van der Waals surface area (Å²) in [4.78, 5) is 24.9. The minimum absolute atomic E-state index is 0.0695. The van der Waals surface area contributed by atoms with Gasteiger partial charge in [-0.2, -0.15) is 0 Å². The van der Waals surface area contributed by atoms with E-state index in [0.717, 1.165) is 11.3 Å². The van der Waals surface area contributed by atoms with E-state index in [1.165, 1.54) is 0 Å². The lowest BCUT2D eigenvalue weighted by atomic mass is 9.84. The first-order valence-corrected chi connectivity index (χ1v) is 8.59. The molecule has 1 aromatic heterocycles. The van der Waals surface area contributed by atoms with Crippen LogP contribution in [0.25, 0.3) is 0 Å². The topological polar surface area (TPSA) is 68.5 Å². The van der Waals surface area contributed by atoms with Gasteiger partial charge in [-0.15, -0.1) is 0 Å². The molecule has 0 saturated heterocycles. The molecule has 0 fully saturated rings. The van der Waals surface area contributed by atoms with Crippen LogP contribution < -0.4 is 10.3 Å². The largest absolute Gasteiger partial charge is 0.508 e. The lowest BCUT2D eigenvalue weighted by Crippen LogP contribution is -2.34. The third-order valence-electron chi connectivity index (χ3n) is 4.85. The standard InChI is InChI=1S/C20H23NO4/c1-12(2)16-11-18(23)25-17-10-13(3)21(20(24)19(16)17)9-8-14-4-6-15(22)7-5-14/h4-7,10,12,16,22H,8-9,11H2,1-3H3. The number of carbonyl (C=O) groups is 1. The molecule has 0 aliphatic carbocycles. The van der Waals surface area contributed by atoms with Crippen LogP contribution in [0, 0.1) is 12.8 Å². The Kier molecular flexibility index (Phi) is 4.66. The molecule has 0 radical (unpaired) electrons. The number of carbonyl (C=O) groups excluding carboxylic acids is 1. The molecule has 5 heteroatoms. The van der Waals surface area contributed by atoms with Crippen molar-refractivity contribution in [2.45, 2.75) is 46.1 Å². The molecule has 0 spiro atoms. The van der Waals surface area contributed by atoms with Crippen molar-refractivity contribution in [1.82, 2.24) is 4.57 Å². The van der Waals surface area contributed by atoms with Crippen molar-refractivity contribution in [1.29, 1.82) is 0 Å². The normalized spacial score (nSPS) is 16.6. The molecular weight excluding hydrogens is 318 g/mol. The molecule has 1 N–H and O–H groups in total. The number of phenolic OH excluding ortho intramolecular Hbond substituents is 1. The zero-order chi connectivity index (χ0) is 18.1. The molecule has 1 aromatic carbocycles. The lowest BCUT2D eigenvalue weighted by Gasteiger charge is -2.28. The van der Waals surface area contributed by atoms with Gasteiger partial charge in [0.25, 0.3) is 5.56 Å². The maximum atomic E-state index is 13.1. The van der Waals surface area contributed by atoms with E-state index in [0.29, 0.717) is 24.3 Å². The van der Waals surface area contributed by atoms with Crippen molar-refractivity contribution in [2.75, 3.05) is 0 Å². The highest BCUT2D eigenvalue weighted by Crippen LogP contribution is 2.36. The zero-order valence-electron chi connectivity index (χ0n) is 14.8. The Morgan fingerprint density at radius 1 is 1.24 bits per heavy atom. The summed E-state index contributed by atoms with van der Waals surface area (Å²) in [6.07, 6.45) is 0.937. The Morgan fingerprint density at radius 2 is 1.92 bits per heavy atom. The van der Waals surface area contributed by atoms with Gasteiger partial charge in [-0.05, 0) is 37.0 Å². The number of phenols is 1. The van der Waals surface area contributed by atoms with Gasteiger partial charge in [-0.3, -0.25) is 9.59 Å². The third kappa shape index (κ3) is 3.45. The van der Waals surface area contributed by atoms with Gasteiger partial charge < -0.3 is 14.4 Å². The highest BCUT2D eigenvalue weighted by Gasteiger charge is 2.33. The van der Waals surface area contributed by atoms with Crippen molar-refractivity contribution in [3.05, 3.63) is 57.5 Å². The number of hydrogen-bond donors (Lipinski definition) is 1. The van der Waals surface area contributed by atoms with E-state index < -0.39 is 0 Å². The molecular formula is C20H23NO4. The van der Waals surface area contributed by atoms with E-state index in [1.54, 1.807) is 22.8 Å². The lowest BCUT2D eigenvalue weighted by molar-refractivity contribution is -0.136. The molecule has 1 aliphatic heterocycles. The first-order valence-electron chi connectivity index (χ1n) is 8.59. The van der Waals surface area contributed by atoms with E-state index in [1.807, 2.05) is 32.9 Å². The molecule has 0 bridgehead atoms. The van der Waals surface area contributed by atoms with E-state index in [4.69, 9.17) is 4.74 Å². The summed E-state index contributed by atoms with van der Waals surface area (Å²) in [6, 6.07) is 8.79. The Morgan fingerprint density at radius 3 is 2.56 bits per heavy atom. The molecule has 2 aromatic rings. The fraction of sp³-hybridized carbons (Fsp3) is 0.400. The van der Waals surface area contributed by atoms with E-state index in [9.17, 15) is 14.7 Å². The van der Waals surface area contributed by atoms with Crippen LogP contribution in [0.4, 0.5) is 0 Å². The van der Waals surface area contributed by atoms with E-state index >= 15 is 0 Å². The number of nitrogens with zero attached hydrogens (tertiary/aromatic N) is 1. The van der Waals surface area contributed by atoms with Gasteiger partial charge in [-0.1, -0.05) is 26.0 Å². The van der Waals surface area contributed by atoms with Crippen LogP contribution in [-0.4, -0.2) is 15.6 Å². The molecule has 0 amide bonds. The maximum absolute atomic E-state index is 13.1. The summed E-state index contributed by atoms with van der Waals surface area (Å²) in [5.74, 6) is 0.453. The molecule has 132 valence electrons. The smallest absolute Gasteiger partial charge is 0.311 e. The number of ether oxygens (including phenoxy) is 1. The summed E-state index contributed by atoms with van der Waals surface area (Å²) in [6.45, 7) is 6.44. The van der Waals surface area contributed by atoms with Gasteiger partial charge in [0, 0.05) is 24.2 Å². The molecule has 1 atom stereocenters. The Labute approximate surface area is 146 Å². The second kappa shape index (κ2) is 6.75. The molecule has 2 heterocycles. The maximum Gasteiger partial charge on any atom is 0.311 e. The molecule has 3 rings (SSSR count). The fourth-order valence-electron chi connectivity index (χ4n) is 3.38. The summed E-state index contributed by atoms with van der Waals surface area (Å²) in [7, 11) is 0. The number of aryl methyl sites for hydroxylation is 2. The number of aromatic hydroxyl groups is 1. The highest BCUT2D eigenvalue weighted by molar-refractivity contribution is 5.76. The minimum atomic E-state index is -0.271. The first-order chi connectivity index (χ1) is 11.9. The van der Waals surface area contributed by atoms with Crippen molar-refractivity contribution in [3.8, 4) is 11.5 Å². The minimum Gasteiger partial charge on any atom is -0.508 e. The Bertz CT molecular complexity index is 849. The number of pyridine rings is 1. The summed E-state index contributed by atoms with van der Waals surface area (Å²) in [5, 5.41) is 9.37. The summed E-state index contributed by atoms with van der Waals surface area (Å²) < 4.78 is 7.08. The first kappa shape index (κ1) is 17.3. The predicted molar refractivity (Wildman–Crippen MR) is 95.1 cm³/mol. The zero-order valence-corrected chi connectivity index (χ0v) is 14.8. The van der Waals surface area contributed by atoms with Crippen molar-refractivity contribution in [3.63, 3.8) is 0 Å². The second-order valence-corrected chi connectivity index (χ2v) is 6.97. The molecule has 1 unspecified atom stereocenters. The number of fused-ring (bicyclic) bond motifs is 1. The fourth-order valence-corrected chi connectivity index (χ4v) is 3.38. The van der Waals surface area contributed by atoms with Crippen LogP contribution >= 0.6 is 0 Å². The van der Waals surface area contributed by atoms with Gasteiger partial charge in [0.15, 0.2) is 0 Å². The highest BCUT2D eigenvalue weighted by atomic mass is 16.5. The number of aromatic nitrogens is 1. The summed E-state index contributed by atoms with van der Waals surface area (Å²) in [5.41, 5.74) is 2.37. The SMILES string of the molecule is Cc1cc2c(c(=O)n1CCc1ccc(O)cc1)C(C(C)C)CC(=O)O2. The Hall–Kier alpha value is -2.56. The van der Waals surface area contributed by atoms with E-state index in [-0.39, 0.29) is 35.5 Å². The summed E-state index contributed by atoms with van der Waals surface area (Å²) >= 11 is 0. The van der Waals surface area contributed by atoms with Crippen LogP contribution in [0.2, 0.25) is 0 Å². The van der Waals surface area contributed by atoms with E-state index in [2.05, 4.69) is 0 Å². The van der Waals surface area contributed by atoms with Crippen LogP contribution in [-0.2, 0) is 17.8 Å². The molecule has 25 heavy (non-hydrogen) atoms. The number of rotatable bonds is 4. The van der Waals surface area contributed by atoms with Crippen LogP contribution in [0.3, 0.4) is 0 Å². The average Bonchev–Trinajstić information content (AvgIpc) is 2.55. The van der Waals surface area contributed by atoms with Crippen LogP contribution in [0.1, 0.15) is 43.0 Å². The van der Waals surface area contributed by atoms with Gasteiger partial charge in [0.1, 0.15) is 11.5 Å². The van der Waals surface area contributed by atoms with Crippen molar-refractivity contribution < 1.29 is 14.6 Å². The molecule has 1 aliphatic rings. The van der Waals surface area contributed by atoms with Gasteiger partial charge in [-0.25, -0.2) is 0 Å². The van der Waals surface area contributed by atoms with Gasteiger partial charge >= 0.3 is 5.97 Å². The predicted octanol–water partition coefficient (Wildman–Crippen LogP) is 3.15. The molecule has 5 nitrogen and oxygen atoms in total. The average molecular weight is 341 g/mol. The number of esters is 1. The van der Waals surface area contributed by atoms with Crippen molar-refractivity contribution in [2.24, 2.45) is 5.92 Å². The number of benzene rings is 1.